The zero-order chi connectivity index (χ0) is 11.5. The number of hydrogen-bond donors (Lipinski definition) is 1. The third kappa shape index (κ3) is 2.20. The minimum absolute atomic E-state index is 0.0105. The number of likely N-dealkylation sites (tertiary alicyclic amines) is 1. The normalized spacial score (nSPS) is 25.0. The van der Waals surface area contributed by atoms with Crippen LogP contribution in [0.3, 0.4) is 0 Å². The van der Waals surface area contributed by atoms with Gasteiger partial charge in [-0.15, -0.1) is 11.6 Å². The molecule has 0 aliphatic carbocycles. The van der Waals surface area contributed by atoms with Crippen molar-refractivity contribution in [2.75, 3.05) is 19.0 Å². The summed E-state index contributed by atoms with van der Waals surface area (Å²) < 4.78 is 1.69. The lowest BCUT2D eigenvalue weighted by molar-refractivity contribution is -0.130. The predicted octanol–water partition coefficient (Wildman–Crippen LogP) is 0.256. The summed E-state index contributed by atoms with van der Waals surface area (Å²) in [6.45, 7) is 0.860. The second-order valence-electron chi connectivity index (χ2n) is 3.86. The smallest absolute Gasteiger partial charge is 0.223 e. The van der Waals surface area contributed by atoms with Gasteiger partial charge in [0, 0.05) is 37.8 Å². The largest absolute Gasteiger partial charge is 0.389 e. The van der Waals surface area contributed by atoms with E-state index in [0.29, 0.717) is 25.4 Å². The number of carbonyl (C=O) groups excluding carboxylic acids is 1. The van der Waals surface area contributed by atoms with Crippen molar-refractivity contribution in [2.45, 2.75) is 18.6 Å². The molecule has 2 rings (SSSR count). The third-order valence-corrected chi connectivity index (χ3v) is 2.97. The van der Waals surface area contributed by atoms with Crippen LogP contribution < -0.4 is 0 Å². The highest BCUT2D eigenvalue weighted by Crippen LogP contribution is 2.21. The van der Waals surface area contributed by atoms with Gasteiger partial charge < -0.3 is 10.0 Å². The molecule has 1 aliphatic rings. The van der Waals surface area contributed by atoms with Crippen LogP contribution in [0.25, 0.3) is 0 Å². The van der Waals surface area contributed by atoms with Gasteiger partial charge >= 0.3 is 0 Å². The Hall–Kier alpha value is -1.07. The molecule has 1 aromatic rings. The van der Waals surface area contributed by atoms with E-state index in [9.17, 15) is 9.90 Å². The van der Waals surface area contributed by atoms with Gasteiger partial charge in [-0.05, 0) is 6.07 Å². The summed E-state index contributed by atoms with van der Waals surface area (Å²) in [7, 11) is 0. The lowest BCUT2D eigenvalue weighted by Gasteiger charge is -2.15. The molecule has 0 bridgehead atoms. The van der Waals surface area contributed by atoms with Gasteiger partial charge in [0.1, 0.15) is 0 Å². The summed E-state index contributed by atoms with van der Waals surface area (Å²) in [4.78, 5) is 13.2. The minimum Gasteiger partial charge on any atom is -0.389 e. The average Bonchev–Trinajstić information content (AvgIpc) is 2.86. The van der Waals surface area contributed by atoms with Gasteiger partial charge in [0.15, 0.2) is 0 Å². The van der Waals surface area contributed by atoms with Gasteiger partial charge in [0.05, 0.1) is 12.1 Å². The number of nitrogens with zero attached hydrogens (tertiary/aromatic N) is 3. The highest BCUT2D eigenvalue weighted by molar-refractivity contribution is 6.18. The summed E-state index contributed by atoms with van der Waals surface area (Å²) in [6, 6.07) is 1.66. The predicted molar refractivity (Wildman–Crippen MR) is 59.2 cm³/mol. The molecule has 1 aromatic heterocycles. The van der Waals surface area contributed by atoms with Gasteiger partial charge in [-0.25, -0.2) is 0 Å². The van der Waals surface area contributed by atoms with Crippen molar-refractivity contribution in [1.29, 1.82) is 0 Å². The number of β-amino-alcohol motifs (C(OH)–C–C–N with tert-alkyl or cyclic N) is 1. The van der Waals surface area contributed by atoms with E-state index in [1.807, 2.05) is 0 Å². The number of carbonyl (C=O) groups is 1. The summed E-state index contributed by atoms with van der Waals surface area (Å²) >= 11 is 5.52. The van der Waals surface area contributed by atoms with Gasteiger partial charge in [-0.1, -0.05) is 0 Å². The number of aromatic nitrogens is 2. The molecule has 2 atom stereocenters. The van der Waals surface area contributed by atoms with Crippen LogP contribution in [0.4, 0.5) is 0 Å². The van der Waals surface area contributed by atoms with Crippen LogP contribution in [0.5, 0.6) is 0 Å². The summed E-state index contributed by atoms with van der Waals surface area (Å²) in [5.41, 5.74) is 0. The molecule has 1 N–H and O–H groups in total. The zero-order valence-corrected chi connectivity index (χ0v) is 9.55. The van der Waals surface area contributed by atoms with E-state index in [4.69, 9.17) is 11.6 Å². The Kier molecular flexibility index (Phi) is 3.46. The molecule has 6 heteroatoms. The van der Waals surface area contributed by atoms with Gasteiger partial charge in [-0.2, -0.15) is 5.10 Å². The molecule has 0 aromatic carbocycles. The molecular weight excluding hydrogens is 230 g/mol. The van der Waals surface area contributed by atoms with E-state index in [1.54, 1.807) is 28.0 Å². The fourth-order valence-electron chi connectivity index (χ4n) is 1.95. The number of hydrogen-bond acceptors (Lipinski definition) is 3. The fourth-order valence-corrected chi connectivity index (χ4v) is 2.11. The zero-order valence-electron chi connectivity index (χ0n) is 8.79. The molecule has 0 unspecified atom stereocenters. The van der Waals surface area contributed by atoms with Gasteiger partial charge in [0.2, 0.25) is 5.91 Å². The quantitative estimate of drug-likeness (QED) is 0.775. The lowest BCUT2D eigenvalue weighted by Crippen LogP contribution is -2.29. The maximum absolute atomic E-state index is 11.6. The molecule has 88 valence electrons. The van der Waals surface area contributed by atoms with Crippen molar-refractivity contribution in [3.8, 4) is 0 Å². The molecule has 16 heavy (non-hydrogen) atoms. The van der Waals surface area contributed by atoms with Crippen molar-refractivity contribution in [3.05, 3.63) is 18.5 Å². The molecule has 1 fully saturated rings. The van der Waals surface area contributed by atoms with E-state index in [1.165, 1.54) is 0 Å². The molecule has 2 heterocycles. The Morgan fingerprint density at radius 3 is 3.00 bits per heavy atom. The molecular formula is C10H14ClN3O2. The Labute approximate surface area is 98.6 Å². The van der Waals surface area contributed by atoms with Crippen LogP contribution in [-0.4, -0.2) is 50.8 Å². The van der Waals surface area contributed by atoms with Crippen LogP contribution in [0.2, 0.25) is 0 Å². The molecule has 5 nitrogen and oxygen atoms in total. The van der Waals surface area contributed by atoms with Crippen LogP contribution in [-0.2, 0) is 4.79 Å². The van der Waals surface area contributed by atoms with Crippen molar-refractivity contribution in [3.63, 3.8) is 0 Å². The van der Waals surface area contributed by atoms with Gasteiger partial charge in [-0.3, -0.25) is 9.48 Å². The maximum atomic E-state index is 11.6. The lowest BCUT2D eigenvalue weighted by atomic mass is 10.2. The average molecular weight is 244 g/mol. The minimum atomic E-state index is -0.556. The van der Waals surface area contributed by atoms with E-state index in [0.717, 1.165) is 0 Å². The summed E-state index contributed by atoms with van der Waals surface area (Å²) in [6.07, 6.45) is 3.22. The van der Waals surface area contributed by atoms with E-state index >= 15 is 0 Å². The van der Waals surface area contributed by atoms with Crippen molar-refractivity contribution < 1.29 is 9.90 Å². The number of aliphatic hydroxyl groups excluding tert-OH is 1. The Bertz CT molecular complexity index is 355. The first kappa shape index (κ1) is 11.4. The van der Waals surface area contributed by atoms with E-state index in [2.05, 4.69) is 5.10 Å². The number of aliphatic hydroxyl groups is 1. The first-order valence-electron chi connectivity index (χ1n) is 5.23. The number of rotatable bonds is 3. The number of halogens is 1. The highest BCUT2D eigenvalue weighted by atomic mass is 35.5. The second kappa shape index (κ2) is 4.84. The standard InChI is InChI=1S/C10H14ClN3O2/c11-3-2-10(16)13-6-8(9(15)7-13)14-5-1-4-12-14/h1,4-5,8-9,15H,2-3,6-7H2/t8-,9+/m1/s1. The Morgan fingerprint density at radius 2 is 2.38 bits per heavy atom. The van der Waals surface area contributed by atoms with Crippen LogP contribution in [0.15, 0.2) is 18.5 Å². The third-order valence-electron chi connectivity index (χ3n) is 2.78. The molecule has 0 spiro atoms. The van der Waals surface area contributed by atoms with E-state index in [-0.39, 0.29) is 11.9 Å². The van der Waals surface area contributed by atoms with Crippen LogP contribution in [0.1, 0.15) is 12.5 Å². The van der Waals surface area contributed by atoms with Crippen LogP contribution >= 0.6 is 11.6 Å². The monoisotopic (exact) mass is 243 g/mol. The topological polar surface area (TPSA) is 58.4 Å². The SMILES string of the molecule is O=C(CCCl)N1C[C@@H](n2cccn2)[C@@H](O)C1. The molecule has 0 saturated carbocycles. The molecule has 0 radical (unpaired) electrons. The van der Waals surface area contributed by atoms with Crippen LogP contribution in [0, 0.1) is 0 Å². The molecule has 1 amide bonds. The first-order chi connectivity index (χ1) is 7.72. The number of amides is 1. The summed E-state index contributed by atoms with van der Waals surface area (Å²) in [5, 5.41) is 13.9. The van der Waals surface area contributed by atoms with Gasteiger partial charge in [0.25, 0.3) is 0 Å². The van der Waals surface area contributed by atoms with Crippen molar-refractivity contribution >= 4 is 17.5 Å². The number of alkyl halides is 1. The summed E-state index contributed by atoms with van der Waals surface area (Å²) in [5.74, 6) is 0.307. The molecule has 1 aliphatic heterocycles. The Morgan fingerprint density at radius 1 is 1.56 bits per heavy atom. The second-order valence-corrected chi connectivity index (χ2v) is 4.24. The Balaban J connectivity index is 2.02. The molecule has 1 saturated heterocycles. The first-order valence-corrected chi connectivity index (χ1v) is 5.76. The van der Waals surface area contributed by atoms with E-state index < -0.39 is 6.10 Å². The van der Waals surface area contributed by atoms with Crippen molar-refractivity contribution in [2.24, 2.45) is 0 Å². The fraction of sp³-hybridized carbons (Fsp3) is 0.600. The highest BCUT2D eigenvalue weighted by Gasteiger charge is 2.34. The van der Waals surface area contributed by atoms with Crippen molar-refractivity contribution in [1.82, 2.24) is 14.7 Å². The maximum Gasteiger partial charge on any atom is 0.223 e.